The predicted molar refractivity (Wildman–Crippen MR) is 131 cm³/mol. The summed E-state index contributed by atoms with van der Waals surface area (Å²) in [6, 6.07) is 18.1. The molecule has 4 heterocycles. The maximum absolute atomic E-state index is 13.6. The molecule has 2 aliphatic heterocycles. The monoisotopic (exact) mass is 469 g/mol. The zero-order valence-corrected chi connectivity index (χ0v) is 19.6. The molecule has 4 aromatic rings. The molecule has 8 heteroatoms. The van der Waals surface area contributed by atoms with E-state index in [-0.39, 0.29) is 12.7 Å². The number of rotatable bonds is 5. The SMILES string of the molecule is Cc1cccc(-n2ncc(C(=O)N3CCN(Cc4ccc5c(c4)OCO5)CC3)c2-n2cccc2)c1. The number of carbonyl (C=O) groups is 1. The Hall–Kier alpha value is -4.04. The number of benzene rings is 2. The number of piperazine rings is 1. The van der Waals surface area contributed by atoms with Gasteiger partial charge in [0.25, 0.3) is 5.91 Å². The molecule has 0 N–H and O–H groups in total. The van der Waals surface area contributed by atoms with Crippen molar-refractivity contribution >= 4 is 5.91 Å². The molecule has 6 rings (SSSR count). The van der Waals surface area contributed by atoms with Gasteiger partial charge in [-0.3, -0.25) is 9.69 Å². The van der Waals surface area contributed by atoms with E-state index in [2.05, 4.69) is 35.1 Å². The number of nitrogens with zero attached hydrogens (tertiary/aromatic N) is 5. The summed E-state index contributed by atoms with van der Waals surface area (Å²) in [6.07, 6.45) is 5.59. The fourth-order valence-corrected chi connectivity index (χ4v) is 4.74. The van der Waals surface area contributed by atoms with Crippen molar-refractivity contribution in [2.45, 2.75) is 13.5 Å². The normalized spacial score (nSPS) is 15.5. The molecule has 0 spiro atoms. The maximum Gasteiger partial charge on any atom is 0.259 e. The van der Waals surface area contributed by atoms with E-state index in [1.807, 2.05) is 62.9 Å². The Morgan fingerprint density at radius 1 is 0.943 bits per heavy atom. The van der Waals surface area contributed by atoms with Crippen LogP contribution in [0, 0.1) is 6.92 Å². The van der Waals surface area contributed by atoms with Gasteiger partial charge in [-0.1, -0.05) is 18.2 Å². The number of carbonyl (C=O) groups excluding carboxylic acids is 1. The van der Waals surface area contributed by atoms with Crippen molar-refractivity contribution in [3.8, 4) is 23.0 Å². The number of amides is 1. The average molecular weight is 470 g/mol. The highest BCUT2D eigenvalue weighted by Crippen LogP contribution is 2.33. The van der Waals surface area contributed by atoms with E-state index in [9.17, 15) is 4.79 Å². The van der Waals surface area contributed by atoms with Crippen molar-refractivity contribution in [3.05, 3.63) is 89.9 Å². The molecule has 1 saturated heterocycles. The molecule has 178 valence electrons. The minimum Gasteiger partial charge on any atom is -0.454 e. The van der Waals surface area contributed by atoms with Crippen LogP contribution in [0.1, 0.15) is 21.5 Å². The number of fused-ring (bicyclic) bond motifs is 1. The third-order valence-corrected chi connectivity index (χ3v) is 6.57. The molecule has 2 aromatic carbocycles. The van der Waals surface area contributed by atoms with Gasteiger partial charge >= 0.3 is 0 Å². The Morgan fingerprint density at radius 3 is 2.54 bits per heavy atom. The Kier molecular flexibility index (Phi) is 5.50. The van der Waals surface area contributed by atoms with E-state index < -0.39 is 0 Å². The number of hydrogen-bond donors (Lipinski definition) is 0. The average Bonchev–Trinajstić information content (AvgIpc) is 3.64. The van der Waals surface area contributed by atoms with Gasteiger partial charge in [-0.2, -0.15) is 5.10 Å². The minimum atomic E-state index is 0.00957. The molecular formula is C27H27N5O3. The second-order valence-corrected chi connectivity index (χ2v) is 8.98. The topological polar surface area (TPSA) is 64.8 Å². The first-order valence-electron chi connectivity index (χ1n) is 11.8. The van der Waals surface area contributed by atoms with Crippen molar-refractivity contribution in [3.63, 3.8) is 0 Å². The van der Waals surface area contributed by atoms with Crippen LogP contribution in [-0.2, 0) is 6.54 Å². The molecule has 0 bridgehead atoms. The van der Waals surface area contributed by atoms with Gasteiger partial charge in [0.15, 0.2) is 17.3 Å². The molecule has 0 atom stereocenters. The fraction of sp³-hybridized carbons (Fsp3) is 0.259. The minimum absolute atomic E-state index is 0.00957. The Bertz CT molecular complexity index is 1350. The van der Waals surface area contributed by atoms with E-state index in [4.69, 9.17) is 9.47 Å². The summed E-state index contributed by atoms with van der Waals surface area (Å²) in [5.41, 5.74) is 3.86. The second kappa shape index (κ2) is 8.96. The molecule has 0 aliphatic carbocycles. The lowest BCUT2D eigenvalue weighted by Gasteiger charge is -2.34. The van der Waals surface area contributed by atoms with Crippen LogP contribution in [0.4, 0.5) is 0 Å². The molecule has 1 amide bonds. The summed E-state index contributed by atoms with van der Waals surface area (Å²) in [7, 11) is 0. The standard InChI is InChI=1S/C27H27N5O3/c1-20-5-4-6-22(15-20)32-26(30-9-2-3-10-30)23(17-28-32)27(33)31-13-11-29(12-14-31)18-21-7-8-24-25(16-21)35-19-34-24/h2-10,15-17H,11-14,18-19H2,1H3. The Labute approximate surface area is 203 Å². The Morgan fingerprint density at radius 2 is 1.74 bits per heavy atom. The van der Waals surface area contributed by atoms with Gasteiger partial charge in [0.1, 0.15) is 5.56 Å². The quantitative estimate of drug-likeness (QED) is 0.446. The largest absolute Gasteiger partial charge is 0.454 e. The van der Waals surface area contributed by atoms with Crippen LogP contribution >= 0.6 is 0 Å². The highest BCUT2D eigenvalue weighted by molar-refractivity contribution is 5.97. The zero-order valence-electron chi connectivity index (χ0n) is 19.6. The van der Waals surface area contributed by atoms with Crippen molar-refractivity contribution < 1.29 is 14.3 Å². The Balaban J connectivity index is 1.19. The third-order valence-electron chi connectivity index (χ3n) is 6.57. The first-order valence-corrected chi connectivity index (χ1v) is 11.8. The molecule has 1 fully saturated rings. The van der Waals surface area contributed by atoms with E-state index in [1.54, 1.807) is 6.20 Å². The summed E-state index contributed by atoms with van der Waals surface area (Å²) >= 11 is 0. The predicted octanol–water partition coefficient (Wildman–Crippen LogP) is 3.66. The summed E-state index contributed by atoms with van der Waals surface area (Å²) < 4.78 is 14.7. The van der Waals surface area contributed by atoms with Crippen molar-refractivity contribution in [2.75, 3.05) is 33.0 Å². The third kappa shape index (κ3) is 4.17. The highest BCUT2D eigenvalue weighted by atomic mass is 16.7. The van der Waals surface area contributed by atoms with Crippen LogP contribution in [0.2, 0.25) is 0 Å². The van der Waals surface area contributed by atoms with Crippen LogP contribution in [0.15, 0.2) is 73.2 Å². The van der Waals surface area contributed by atoms with Crippen molar-refractivity contribution in [1.29, 1.82) is 0 Å². The lowest BCUT2D eigenvalue weighted by Crippen LogP contribution is -2.48. The van der Waals surface area contributed by atoms with Gasteiger partial charge < -0.3 is 18.9 Å². The van der Waals surface area contributed by atoms with Gasteiger partial charge in [0.05, 0.1) is 11.9 Å². The van der Waals surface area contributed by atoms with Crippen molar-refractivity contribution in [1.82, 2.24) is 24.1 Å². The molecular weight excluding hydrogens is 442 g/mol. The van der Waals surface area contributed by atoms with Crippen molar-refractivity contribution in [2.24, 2.45) is 0 Å². The van der Waals surface area contributed by atoms with Gasteiger partial charge in [0, 0.05) is 45.1 Å². The molecule has 35 heavy (non-hydrogen) atoms. The maximum atomic E-state index is 13.6. The zero-order chi connectivity index (χ0) is 23.8. The summed E-state index contributed by atoms with van der Waals surface area (Å²) in [6.45, 7) is 6.12. The van der Waals surface area contributed by atoms with Crippen LogP contribution in [0.5, 0.6) is 11.5 Å². The first-order chi connectivity index (χ1) is 17.2. The van der Waals surface area contributed by atoms with Gasteiger partial charge in [-0.25, -0.2) is 4.68 Å². The number of ether oxygens (including phenoxy) is 2. The fourth-order valence-electron chi connectivity index (χ4n) is 4.74. The lowest BCUT2D eigenvalue weighted by molar-refractivity contribution is 0.0628. The molecule has 0 radical (unpaired) electrons. The summed E-state index contributed by atoms with van der Waals surface area (Å²) in [5, 5.41) is 4.61. The highest BCUT2D eigenvalue weighted by Gasteiger charge is 2.27. The molecule has 8 nitrogen and oxygen atoms in total. The second-order valence-electron chi connectivity index (χ2n) is 8.98. The smallest absolute Gasteiger partial charge is 0.259 e. The van der Waals surface area contributed by atoms with Gasteiger partial charge in [-0.15, -0.1) is 0 Å². The first kappa shape index (κ1) is 21.5. The van der Waals surface area contributed by atoms with E-state index >= 15 is 0 Å². The molecule has 2 aromatic heterocycles. The van der Waals surface area contributed by atoms with Gasteiger partial charge in [-0.05, 0) is 54.4 Å². The lowest BCUT2D eigenvalue weighted by atomic mass is 10.1. The molecule has 0 saturated carbocycles. The molecule has 0 unspecified atom stereocenters. The molecule has 2 aliphatic rings. The van der Waals surface area contributed by atoms with Crippen LogP contribution < -0.4 is 9.47 Å². The van der Waals surface area contributed by atoms with E-state index in [0.717, 1.165) is 48.2 Å². The number of aryl methyl sites for hydroxylation is 1. The van der Waals surface area contributed by atoms with Crippen LogP contribution in [0.25, 0.3) is 11.5 Å². The van der Waals surface area contributed by atoms with Crippen LogP contribution in [0.3, 0.4) is 0 Å². The van der Waals surface area contributed by atoms with Crippen LogP contribution in [-0.4, -0.2) is 63.0 Å². The summed E-state index contributed by atoms with van der Waals surface area (Å²) in [4.78, 5) is 17.9. The van der Waals surface area contributed by atoms with Gasteiger partial charge in [0.2, 0.25) is 6.79 Å². The number of aromatic nitrogens is 3. The summed E-state index contributed by atoms with van der Waals surface area (Å²) in [5.74, 6) is 2.37. The number of hydrogen-bond acceptors (Lipinski definition) is 5. The van der Waals surface area contributed by atoms with E-state index in [1.165, 1.54) is 5.56 Å². The van der Waals surface area contributed by atoms with E-state index in [0.29, 0.717) is 18.7 Å².